The number of hydrogen-bond acceptors (Lipinski definition) is 6. The summed E-state index contributed by atoms with van der Waals surface area (Å²) in [6.45, 7) is 5.18. The maximum absolute atomic E-state index is 12.8. The van der Waals surface area contributed by atoms with E-state index in [-0.39, 0.29) is 5.91 Å². The molecule has 1 saturated heterocycles. The van der Waals surface area contributed by atoms with Gasteiger partial charge in [0.15, 0.2) is 5.65 Å². The van der Waals surface area contributed by atoms with Crippen LogP contribution in [0.2, 0.25) is 0 Å². The summed E-state index contributed by atoms with van der Waals surface area (Å²) in [7, 11) is 0. The maximum atomic E-state index is 12.8. The van der Waals surface area contributed by atoms with Crippen LogP contribution in [0.3, 0.4) is 0 Å². The predicted molar refractivity (Wildman–Crippen MR) is 118 cm³/mol. The van der Waals surface area contributed by atoms with Crippen molar-refractivity contribution in [2.45, 2.75) is 6.92 Å². The average molecular weight is 420 g/mol. The zero-order valence-corrected chi connectivity index (χ0v) is 17.4. The Labute approximate surface area is 177 Å². The molecule has 3 aromatic heterocycles. The van der Waals surface area contributed by atoms with Gasteiger partial charge in [0.2, 0.25) is 0 Å². The van der Waals surface area contributed by atoms with E-state index in [1.165, 1.54) is 0 Å². The van der Waals surface area contributed by atoms with E-state index in [0.717, 1.165) is 54.6 Å². The van der Waals surface area contributed by atoms with E-state index in [1.807, 2.05) is 54.1 Å². The highest BCUT2D eigenvalue weighted by Gasteiger charge is 2.15. The van der Waals surface area contributed by atoms with Crippen LogP contribution in [0.25, 0.3) is 16.9 Å². The second-order valence-electron chi connectivity index (χ2n) is 7.19. The first-order valence-corrected chi connectivity index (χ1v) is 10.8. The molecule has 30 heavy (non-hydrogen) atoms. The molecule has 0 bridgehead atoms. The Morgan fingerprint density at radius 2 is 1.93 bits per heavy atom. The summed E-state index contributed by atoms with van der Waals surface area (Å²) < 4.78 is 7.16. The Bertz CT molecular complexity index is 1180. The highest BCUT2D eigenvalue weighted by Crippen LogP contribution is 2.23. The molecule has 0 spiro atoms. The van der Waals surface area contributed by atoms with Crippen LogP contribution in [-0.2, 0) is 4.74 Å². The van der Waals surface area contributed by atoms with E-state index < -0.39 is 0 Å². The number of aromatic nitrogens is 3. The summed E-state index contributed by atoms with van der Waals surface area (Å²) in [6.07, 6.45) is 0. The van der Waals surface area contributed by atoms with E-state index in [2.05, 4.69) is 20.3 Å². The lowest BCUT2D eigenvalue weighted by atomic mass is 10.2. The van der Waals surface area contributed by atoms with Gasteiger partial charge in [-0.1, -0.05) is 0 Å². The van der Waals surface area contributed by atoms with Gasteiger partial charge in [0.25, 0.3) is 5.91 Å². The Kier molecular flexibility index (Phi) is 4.94. The third-order valence-electron chi connectivity index (χ3n) is 5.16. The fourth-order valence-electron chi connectivity index (χ4n) is 3.56. The molecular formula is C22H21N5O2S. The number of benzene rings is 1. The molecule has 0 saturated carbocycles. The Hall–Kier alpha value is -3.23. The van der Waals surface area contributed by atoms with Crippen molar-refractivity contribution in [3.63, 3.8) is 0 Å². The van der Waals surface area contributed by atoms with Gasteiger partial charge in [0.05, 0.1) is 18.9 Å². The molecule has 0 aliphatic carbocycles. The summed E-state index contributed by atoms with van der Waals surface area (Å²) in [5, 5.41) is 11.6. The van der Waals surface area contributed by atoms with E-state index in [9.17, 15) is 4.79 Å². The van der Waals surface area contributed by atoms with Crippen LogP contribution in [0.15, 0.2) is 53.2 Å². The van der Waals surface area contributed by atoms with E-state index >= 15 is 0 Å². The number of carbonyl (C=O) groups excluding carboxylic acids is 1. The number of anilines is 2. The minimum Gasteiger partial charge on any atom is -0.378 e. The number of morpholine rings is 1. The number of aryl methyl sites for hydroxylation is 1. The summed E-state index contributed by atoms with van der Waals surface area (Å²) in [4.78, 5) is 19.6. The molecule has 5 rings (SSSR count). The largest absolute Gasteiger partial charge is 0.378 e. The Balaban J connectivity index is 1.35. The van der Waals surface area contributed by atoms with Crippen LogP contribution in [0.4, 0.5) is 11.4 Å². The Morgan fingerprint density at radius 3 is 2.67 bits per heavy atom. The summed E-state index contributed by atoms with van der Waals surface area (Å²) >= 11 is 1.62. The molecule has 0 unspecified atom stereocenters. The normalized spacial score (nSPS) is 14.2. The van der Waals surface area contributed by atoms with Gasteiger partial charge < -0.3 is 15.0 Å². The molecule has 1 N–H and O–H groups in total. The molecule has 0 radical (unpaired) electrons. The quantitative estimate of drug-likeness (QED) is 0.544. The monoisotopic (exact) mass is 419 g/mol. The van der Waals surface area contributed by atoms with Crippen LogP contribution in [-0.4, -0.2) is 46.8 Å². The molecule has 8 heteroatoms. The molecule has 1 aliphatic rings. The first kappa shape index (κ1) is 18.8. The van der Waals surface area contributed by atoms with Crippen LogP contribution in [0, 0.1) is 6.92 Å². The van der Waals surface area contributed by atoms with Gasteiger partial charge in [-0.2, -0.15) is 16.4 Å². The molecular weight excluding hydrogens is 398 g/mol. The maximum Gasteiger partial charge on any atom is 0.274 e. The number of thiophene rings is 1. The first-order valence-electron chi connectivity index (χ1n) is 9.81. The lowest BCUT2D eigenvalue weighted by Gasteiger charge is -2.28. The van der Waals surface area contributed by atoms with Crippen LogP contribution >= 0.6 is 11.3 Å². The molecule has 1 fully saturated rings. The van der Waals surface area contributed by atoms with E-state index in [1.54, 1.807) is 21.9 Å². The molecule has 152 valence electrons. The third-order valence-corrected chi connectivity index (χ3v) is 5.84. The van der Waals surface area contributed by atoms with Crippen molar-refractivity contribution >= 4 is 34.3 Å². The van der Waals surface area contributed by atoms with Gasteiger partial charge in [-0.3, -0.25) is 4.79 Å². The third kappa shape index (κ3) is 3.67. The minimum absolute atomic E-state index is 0.238. The summed E-state index contributed by atoms with van der Waals surface area (Å²) in [5.74, 6) is -0.238. The van der Waals surface area contributed by atoms with Crippen molar-refractivity contribution in [3.05, 3.63) is 64.6 Å². The smallest absolute Gasteiger partial charge is 0.274 e. The van der Waals surface area contributed by atoms with Gasteiger partial charge >= 0.3 is 0 Å². The van der Waals surface area contributed by atoms with Crippen molar-refractivity contribution in [2.75, 3.05) is 36.5 Å². The second-order valence-corrected chi connectivity index (χ2v) is 7.97. The summed E-state index contributed by atoms with van der Waals surface area (Å²) in [5.41, 5.74) is 5.66. The molecule has 1 aliphatic heterocycles. The summed E-state index contributed by atoms with van der Waals surface area (Å²) in [6, 6.07) is 13.6. The van der Waals surface area contributed by atoms with Crippen LogP contribution in [0.1, 0.15) is 16.2 Å². The van der Waals surface area contributed by atoms with Crippen molar-refractivity contribution in [3.8, 4) is 11.3 Å². The molecule has 4 heterocycles. The van der Waals surface area contributed by atoms with Crippen molar-refractivity contribution in [2.24, 2.45) is 0 Å². The fourth-order valence-corrected chi connectivity index (χ4v) is 4.21. The zero-order valence-electron chi connectivity index (χ0n) is 16.5. The van der Waals surface area contributed by atoms with Gasteiger partial charge in [-0.05, 0) is 48.7 Å². The predicted octanol–water partition coefficient (Wildman–Crippen LogP) is 3.86. The van der Waals surface area contributed by atoms with Gasteiger partial charge in [0.1, 0.15) is 5.69 Å². The topological polar surface area (TPSA) is 71.8 Å². The van der Waals surface area contributed by atoms with Crippen LogP contribution < -0.4 is 10.2 Å². The van der Waals surface area contributed by atoms with Gasteiger partial charge in [-0.25, -0.2) is 9.50 Å². The lowest BCUT2D eigenvalue weighted by Crippen LogP contribution is -2.36. The van der Waals surface area contributed by atoms with Gasteiger partial charge in [0, 0.05) is 47.2 Å². The van der Waals surface area contributed by atoms with Crippen molar-refractivity contribution in [1.29, 1.82) is 0 Å². The highest BCUT2D eigenvalue weighted by molar-refractivity contribution is 7.08. The number of amides is 1. The minimum atomic E-state index is -0.238. The number of hydrogen-bond donors (Lipinski definition) is 1. The number of fused-ring (bicyclic) bond motifs is 1. The SMILES string of the molecule is Cc1cc(C(=O)Nc2ccc(N3CCOCC3)cc2)nc2cc(-c3ccsc3)nn12. The molecule has 1 amide bonds. The average Bonchev–Trinajstić information content (AvgIpc) is 3.45. The highest BCUT2D eigenvalue weighted by atomic mass is 32.1. The number of ether oxygens (including phenoxy) is 1. The second kappa shape index (κ2) is 7.89. The number of nitrogens with one attached hydrogen (secondary N) is 1. The van der Waals surface area contributed by atoms with Gasteiger partial charge in [-0.15, -0.1) is 0 Å². The number of carbonyl (C=O) groups is 1. The molecule has 4 aromatic rings. The van der Waals surface area contributed by atoms with E-state index in [4.69, 9.17) is 4.74 Å². The first-order chi connectivity index (χ1) is 14.7. The standard InChI is InChI=1S/C22H21N5O2S/c1-15-12-20(24-21-13-19(25-27(15)21)16-6-11-30-14-16)22(28)23-17-2-4-18(5-3-17)26-7-9-29-10-8-26/h2-6,11-14H,7-10H2,1H3,(H,23,28). The van der Waals surface area contributed by atoms with Crippen LogP contribution in [0.5, 0.6) is 0 Å². The van der Waals surface area contributed by atoms with Crippen molar-refractivity contribution in [1.82, 2.24) is 14.6 Å². The number of nitrogens with zero attached hydrogens (tertiary/aromatic N) is 4. The Morgan fingerprint density at radius 1 is 1.13 bits per heavy atom. The molecule has 1 aromatic carbocycles. The zero-order chi connectivity index (χ0) is 20.5. The molecule has 0 atom stereocenters. The fraction of sp³-hybridized carbons (Fsp3) is 0.227. The number of rotatable bonds is 4. The van der Waals surface area contributed by atoms with Crippen molar-refractivity contribution < 1.29 is 9.53 Å². The molecule has 7 nitrogen and oxygen atoms in total. The lowest BCUT2D eigenvalue weighted by molar-refractivity contribution is 0.102. The van der Waals surface area contributed by atoms with E-state index in [0.29, 0.717) is 11.3 Å².